The molecule has 1 rings (SSSR count). The first-order valence-corrected chi connectivity index (χ1v) is 6.52. The molecule has 0 heterocycles. The Kier molecular flexibility index (Phi) is 6.38. The lowest BCUT2D eigenvalue weighted by molar-refractivity contribution is 0.412. The van der Waals surface area contributed by atoms with Crippen molar-refractivity contribution in [3.05, 3.63) is 29.3 Å². The van der Waals surface area contributed by atoms with E-state index in [0.717, 1.165) is 11.1 Å². The fourth-order valence-corrected chi connectivity index (χ4v) is 2.08. The van der Waals surface area contributed by atoms with Crippen molar-refractivity contribution in [2.75, 3.05) is 7.11 Å². The third-order valence-corrected chi connectivity index (χ3v) is 3.15. The minimum absolute atomic E-state index is 0.265. The Hall–Kier alpha value is -2.22. The maximum Gasteiger partial charge on any atom is 0.235 e. The standard InChI is InChI=1S/C15H18N2O3/c1-4-14(16-9-18)11-6-12(8-13(7-11)20-3)15(5-2)17-10-19/h6-8,14-15H,4-5H2,1-3H3. The van der Waals surface area contributed by atoms with Crippen LogP contribution < -0.4 is 4.74 Å². The van der Waals surface area contributed by atoms with E-state index in [1.165, 1.54) is 0 Å². The molecule has 0 N–H and O–H groups in total. The van der Waals surface area contributed by atoms with Crippen LogP contribution in [0.1, 0.15) is 49.9 Å². The zero-order valence-electron chi connectivity index (χ0n) is 11.9. The van der Waals surface area contributed by atoms with Gasteiger partial charge in [0, 0.05) is 0 Å². The van der Waals surface area contributed by atoms with Gasteiger partial charge in [-0.1, -0.05) is 19.9 Å². The number of carbonyl (C=O) groups excluding carboxylic acids is 2. The van der Waals surface area contributed by atoms with Crippen LogP contribution >= 0.6 is 0 Å². The molecule has 0 aliphatic heterocycles. The lowest BCUT2D eigenvalue weighted by atomic mass is 9.97. The minimum Gasteiger partial charge on any atom is -0.497 e. The Labute approximate surface area is 118 Å². The molecule has 0 radical (unpaired) electrons. The van der Waals surface area contributed by atoms with Gasteiger partial charge in [-0.2, -0.15) is 9.98 Å². The Bertz CT molecular complexity index is 500. The van der Waals surface area contributed by atoms with Crippen molar-refractivity contribution in [2.24, 2.45) is 9.98 Å². The third-order valence-electron chi connectivity index (χ3n) is 3.15. The van der Waals surface area contributed by atoms with Crippen LogP contribution in [0.2, 0.25) is 0 Å². The Morgan fingerprint density at radius 1 is 1.00 bits per heavy atom. The van der Waals surface area contributed by atoms with Crippen LogP contribution in [0.3, 0.4) is 0 Å². The highest BCUT2D eigenvalue weighted by Gasteiger charge is 2.15. The molecular formula is C15H18N2O3. The predicted octanol–water partition coefficient (Wildman–Crippen LogP) is 3.27. The zero-order valence-corrected chi connectivity index (χ0v) is 11.9. The molecule has 5 heteroatoms. The van der Waals surface area contributed by atoms with Crippen molar-refractivity contribution in [3.8, 4) is 5.75 Å². The van der Waals surface area contributed by atoms with Gasteiger partial charge in [-0.3, -0.25) is 0 Å². The first-order chi connectivity index (χ1) is 9.69. The van der Waals surface area contributed by atoms with Gasteiger partial charge < -0.3 is 4.74 Å². The van der Waals surface area contributed by atoms with Gasteiger partial charge in [0.15, 0.2) is 0 Å². The van der Waals surface area contributed by atoms with E-state index in [1.54, 1.807) is 19.3 Å². The molecule has 2 atom stereocenters. The van der Waals surface area contributed by atoms with Crippen molar-refractivity contribution in [1.29, 1.82) is 0 Å². The van der Waals surface area contributed by atoms with E-state index in [4.69, 9.17) is 4.74 Å². The fraction of sp³-hybridized carbons (Fsp3) is 0.467. The molecule has 0 fully saturated rings. The number of nitrogens with zero attached hydrogens (tertiary/aromatic N) is 2. The number of hydrogen-bond donors (Lipinski definition) is 0. The number of rotatable bonds is 7. The monoisotopic (exact) mass is 274 g/mol. The highest BCUT2D eigenvalue weighted by atomic mass is 16.5. The summed E-state index contributed by atoms with van der Waals surface area (Å²) in [7, 11) is 1.57. The maximum atomic E-state index is 10.5. The van der Waals surface area contributed by atoms with E-state index in [1.807, 2.05) is 32.0 Å². The maximum absolute atomic E-state index is 10.5. The number of isocyanates is 2. The van der Waals surface area contributed by atoms with E-state index < -0.39 is 0 Å². The van der Waals surface area contributed by atoms with Gasteiger partial charge in [-0.05, 0) is 36.1 Å². The molecular weight excluding hydrogens is 256 g/mol. The summed E-state index contributed by atoms with van der Waals surface area (Å²) >= 11 is 0. The number of methoxy groups -OCH3 is 1. The second-order valence-electron chi connectivity index (χ2n) is 4.33. The van der Waals surface area contributed by atoms with Crippen molar-refractivity contribution in [3.63, 3.8) is 0 Å². The van der Waals surface area contributed by atoms with E-state index >= 15 is 0 Å². The number of aliphatic imine (C=N–C) groups is 2. The number of ether oxygens (including phenoxy) is 1. The molecule has 1 aromatic rings. The zero-order chi connectivity index (χ0) is 15.0. The predicted molar refractivity (Wildman–Crippen MR) is 75.3 cm³/mol. The van der Waals surface area contributed by atoms with Crippen LogP contribution in [0.5, 0.6) is 5.75 Å². The topological polar surface area (TPSA) is 68.1 Å². The molecule has 0 saturated carbocycles. The van der Waals surface area contributed by atoms with Crippen LogP contribution in [0.4, 0.5) is 0 Å². The van der Waals surface area contributed by atoms with Gasteiger partial charge >= 0.3 is 0 Å². The van der Waals surface area contributed by atoms with Crippen LogP contribution in [0, 0.1) is 0 Å². The molecule has 0 saturated heterocycles. The molecule has 2 unspecified atom stereocenters. The summed E-state index contributed by atoms with van der Waals surface area (Å²) in [6.07, 6.45) is 4.53. The van der Waals surface area contributed by atoms with Gasteiger partial charge in [0.05, 0.1) is 19.2 Å². The second kappa shape index (κ2) is 8.05. The molecule has 106 valence electrons. The molecule has 0 bridgehead atoms. The van der Waals surface area contributed by atoms with Crippen molar-refractivity contribution in [1.82, 2.24) is 0 Å². The van der Waals surface area contributed by atoms with Crippen LogP contribution in [-0.4, -0.2) is 19.3 Å². The highest BCUT2D eigenvalue weighted by molar-refractivity contribution is 5.42. The van der Waals surface area contributed by atoms with Crippen molar-refractivity contribution >= 4 is 12.2 Å². The van der Waals surface area contributed by atoms with Crippen molar-refractivity contribution in [2.45, 2.75) is 38.8 Å². The summed E-state index contributed by atoms with van der Waals surface area (Å²) in [6.45, 7) is 3.87. The molecule has 0 amide bonds. The molecule has 0 aliphatic rings. The SMILES string of the molecule is CCC(N=C=O)c1cc(OC)cc(C(CC)N=C=O)c1. The van der Waals surface area contributed by atoms with Crippen LogP contribution in [0.15, 0.2) is 28.2 Å². The summed E-state index contributed by atoms with van der Waals surface area (Å²) in [4.78, 5) is 28.6. The van der Waals surface area contributed by atoms with Gasteiger partial charge in [0.1, 0.15) is 5.75 Å². The summed E-state index contributed by atoms with van der Waals surface area (Å²) in [5, 5.41) is 0. The highest BCUT2D eigenvalue weighted by Crippen LogP contribution is 2.31. The van der Waals surface area contributed by atoms with Gasteiger partial charge in [0.25, 0.3) is 0 Å². The Balaban J connectivity index is 3.32. The lowest BCUT2D eigenvalue weighted by Crippen LogP contribution is -2.00. The van der Waals surface area contributed by atoms with Gasteiger partial charge in [-0.25, -0.2) is 9.59 Å². The van der Waals surface area contributed by atoms with Crippen molar-refractivity contribution < 1.29 is 14.3 Å². The molecule has 0 aromatic heterocycles. The van der Waals surface area contributed by atoms with E-state index in [-0.39, 0.29) is 12.1 Å². The normalized spacial score (nSPS) is 12.8. The second-order valence-corrected chi connectivity index (χ2v) is 4.33. The molecule has 1 aromatic carbocycles. The molecule has 0 aliphatic carbocycles. The van der Waals surface area contributed by atoms with Crippen LogP contribution in [0.25, 0.3) is 0 Å². The lowest BCUT2D eigenvalue weighted by Gasteiger charge is -2.15. The first-order valence-electron chi connectivity index (χ1n) is 6.52. The largest absolute Gasteiger partial charge is 0.497 e. The summed E-state index contributed by atoms with van der Waals surface area (Å²) < 4.78 is 5.26. The van der Waals surface area contributed by atoms with E-state index in [9.17, 15) is 9.59 Å². The van der Waals surface area contributed by atoms with Gasteiger partial charge in [0.2, 0.25) is 12.2 Å². The quantitative estimate of drug-likeness (QED) is 0.566. The smallest absolute Gasteiger partial charge is 0.235 e. The third kappa shape index (κ3) is 3.89. The Morgan fingerprint density at radius 3 is 1.75 bits per heavy atom. The number of hydrogen-bond acceptors (Lipinski definition) is 5. The molecule has 20 heavy (non-hydrogen) atoms. The minimum atomic E-state index is -0.265. The fourth-order valence-electron chi connectivity index (χ4n) is 2.08. The molecule has 0 spiro atoms. The average Bonchev–Trinajstić information content (AvgIpc) is 2.49. The van der Waals surface area contributed by atoms with Gasteiger partial charge in [-0.15, -0.1) is 0 Å². The summed E-state index contributed by atoms with van der Waals surface area (Å²) in [5.41, 5.74) is 1.70. The summed E-state index contributed by atoms with van der Waals surface area (Å²) in [5.74, 6) is 0.650. The average molecular weight is 274 g/mol. The van der Waals surface area contributed by atoms with E-state index in [0.29, 0.717) is 18.6 Å². The first kappa shape index (κ1) is 15.8. The summed E-state index contributed by atoms with van der Waals surface area (Å²) in [6, 6.07) is 5.02. The Morgan fingerprint density at radius 2 is 1.45 bits per heavy atom. The molecule has 5 nitrogen and oxygen atoms in total. The number of benzene rings is 1. The van der Waals surface area contributed by atoms with E-state index in [2.05, 4.69) is 9.98 Å². The van der Waals surface area contributed by atoms with Crippen LogP contribution in [-0.2, 0) is 9.59 Å².